The van der Waals surface area contributed by atoms with Gasteiger partial charge in [0.15, 0.2) is 0 Å². The molecule has 1 aliphatic heterocycles. The number of ether oxygens (including phenoxy) is 1. The van der Waals surface area contributed by atoms with Gasteiger partial charge in [0.1, 0.15) is 5.82 Å². The number of benzene rings is 1. The Balaban J connectivity index is 2.19. The Morgan fingerprint density at radius 3 is 3.06 bits per heavy atom. The van der Waals surface area contributed by atoms with E-state index in [1.165, 1.54) is 6.07 Å². The van der Waals surface area contributed by atoms with E-state index in [1.54, 1.807) is 12.1 Å². The fourth-order valence-corrected chi connectivity index (χ4v) is 2.35. The Hall–Kier alpha value is -0.640. The van der Waals surface area contributed by atoms with Crippen molar-refractivity contribution in [3.05, 3.63) is 34.6 Å². The standard InChI is InChI=1S/C12H15ClFNO/c1-15-7-9-4-5-16-12(9)8-2-3-11(14)10(13)6-8/h2-3,6,9,12,15H,4-5,7H2,1H3. The van der Waals surface area contributed by atoms with E-state index < -0.39 is 0 Å². The molecule has 16 heavy (non-hydrogen) atoms. The summed E-state index contributed by atoms with van der Waals surface area (Å²) in [5, 5.41) is 3.31. The van der Waals surface area contributed by atoms with Gasteiger partial charge in [-0.05, 0) is 31.2 Å². The van der Waals surface area contributed by atoms with Crippen LogP contribution in [0.25, 0.3) is 0 Å². The third kappa shape index (κ3) is 2.37. The molecule has 1 N–H and O–H groups in total. The summed E-state index contributed by atoms with van der Waals surface area (Å²) < 4.78 is 18.7. The first kappa shape index (κ1) is 11.8. The van der Waals surface area contributed by atoms with Crippen LogP contribution in [0.5, 0.6) is 0 Å². The predicted molar refractivity (Wildman–Crippen MR) is 62.1 cm³/mol. The van der Waals surface area contributed by atoms with E-state index in [4.69, 9.17) is 16.3 Å². The second-order valence-corrected chi connectivity index (χ2v) is 4.48. The van der Waals surface area contributed by atoms with Crippen LogP contribution in [0, 0.1) is 11.7 Å². The summed E-state index contributed by atoms with van der Waals surface area (Å²) in [6.07, 6.45) is 1.06. The molecule has 4 heteroatoms. The molecule has 0 saturated carbocycles. The van der Waals surface area contributed by atoms with Crippen molar-refractivity contribution < 1.29 is 9.13 Å². The lowest BCUT2D eigenvalue weighted by molar-refractivity contribution is 0.0909. The molecule has 0 spiro atoms. The minimum Gasteiger partial charge on any atom is -0.373 e. The van der Waals surface area contributed by atoms with Crippen LogP contribution in [0.1, 0.15) is 18.1 Å². The van der Waals surface area contributed by atoms with Crippen LogP contribution in [0.3, 0.4) is 0 Å². The van der Waals surface area contributed by atoms with Crippen molar-refractivity contribution >= 4 is 11.6 Å². The second-order valence-electron chi connectivity index (χ2n) is 4.07. The summed E-state index contributed by atoms with van der Waals surface area (Å²) in [6.45, 7) is 1.66. The maximum Gasteiger partial charge on any atom is 0.141 e. The molecule has 0 aromatic heterocycles. The summed E-state index contributed by atoms with van der Waals surface area (Å²) in [4.78, 5) is 0. The van der Waals surface area contributed by atoms with Gasteiger partial charge in [0.25, 0.3) is 0 Å². The summed E-state index contributed by atoms with van der Waals surface area (Å²) in [5.41, 5.74) is 0.962. The third-order valence-corrected chi connectivity index (χ3v) is 3.24. The highest BCUT2D eigenvalue weighted by molar-refractivity contribution is 6.30. The molecular weight excluding hydrogens is 229 g/mol. The van der Waals surface area contributed by atoms with Gasteiger partial charge >= 0.3 is 0 Å². The van der Waals surface area contributed by atoms with Gasteiger partial charge in [-0.25, -0.2) is 4.39 Å². The normalized spacial score (nSPS) is 24.9. The Labute approximate surface area is 99.7 Å². The number of rotatable bonds is 3. The minimum atomic E-state index is -0.381. The maximum absolute atomic E-state index is 13.0. The lowest BCUT2D eigenvalue weighted by Gasteiger charge is -2.18. The van der Waals surface area contributed by atoms with Crippen molar-refractivity contribution in [2.24, 2.45) is 5.92 Å². The molecule has 1 saturated heterocycles. The van der Waals surface area contributed by atoms with Gasteiger partial charge < -0.3 is 10.1 Å². The van der Waals surface area contributed by atoms with E-state index in [-0.39, 0.29) is 16.9 Å². The highest BCUT2D eigenvalue weighted by atomic mass is 35.5. The van der Waals surface area contributed by atoms with Crippen LogP contribution < -0.4 is 5.32 Å². The predicted octanol–water partition coefficient (Wildman–Crippen LogP) is 2.78. The quantitative estimate of drug-likeness (QED) is 0.882. The van der Waals surface area contributed by atoms with Crippen molar-refractivity contribution in [2.45, 2.75) is 12.5 Å². The van der Waals surface area contributed by atoms with Gasteiger partial charge in [0.05, 0.1) is 11.1 Å². The van der Waals surface area contributed by atoms with Gasteiger partial charge in [-0.15, -0.1) is 0 Å². The highest BCUT2D eigenvalue weighted by Crippen LogP contribution is 2.35. The molecule has 0 bridgehead atoms. The zero-order valence-corrected chi connectivity index (χ0v) is 9.93. The van der Waals surface area contributed by atoms with E-state index in [2.05, 4.69) is 5.32 Å². The first-order valence-electron chi connectivity index (χ1n) is 5.43. The lowest BCUT2D eigenvalue weighted by Crippen LogP contribution is -2.21. The maximum atomic E-state index is 13.0. The average molecular weight is 244 g/mol. The molecule has 2 rings (SSSR count). The zero-order valence-electron chi connectivity index (χ0n) is 9.17. The minimum absolute atomic E-state index is 0.0329. The smallest absolute Gasteiger partial charge is 0.141 e. The van der Waals surface area contributed by atoms with E-state index in [0.29, 0.717) is 5.92 Å². The van der Waals surface area contributed by atoms with E-state index in [9.17, 15) is 4.39 Å². The van der Waals surface area contributed by atoms with Gasteiger partial charge in [-0.3, -0.25) is 0 Å². The topological polar surface area (TPSA) is 21.3 Å². The monoisotopic (exact) mass is 243 g/mol. The molecular formula is C12H15ClFNO. The lowest BCUT2D eigenvalue weighted by atomic mass is 9.95. The first-order valence-corrected chi connectivity index (χ1v) is 5.81. The first-order chi connectivity index (χ1) is 7.72. The Bertz CT molecular complexity index is 372. The summed E-state index contributed by atoms with van der Waals surface area (Å²) in [6, 6.07) is 4.81. The third-order valence-electron chi connectivity index (χ3n) is 2.95. The van der Waals surface area contributed by atoms with Crippen molar-refractivity contribution in [2.75, 3.05) is 20.2 Å². The van der Waals surface area contributed by atoms with Crippen molar-refractivity contribution in [1.29, 1.82) is 0 Å². The van der Waals surface area contributed by atoms with Crippen molar-refractivity contribution in [1.82, 2.24) is 5.32 Å². The zero-order chi connectivity index (χ0) is 11.5. The molecule has 88 valence electrons. The molecule has 1 aromatic carbocycles. The van der Waals surface area contributed by atoms with Crippen molar-refractivity contribution in [3.8, 4) is 0 Å². The molecule has 0 radical (unpaired) electrons. The number of hydrogen-bond acceptors (Lipinski definition) is 2. The van der Waals surface area contributed by atoms with Gasteiger partial charge in [-0.1, -0.05) is 17.7 Å². The molecule has 1 aliphatic rings. The summed E-state index contributed by atoms with van der Waals surface area (Å²) in [7, 11) is 1.92. The Morgan fingerprint density at radius 1 is 1.56 bits per heavy atom. The van der Waals surface area contributed by atoms with Gasteiger partial charge in [0.2, 0.25) is 0 Å². The van der Waals surface area contributed by atoms with E-state index in [1.807, 2.05) is 7.05 Å². The van der Waals surface area contributed by atoms with Crippen LogP contribution in [0.4, 0.5) is 4.39 Å². The fourth-order valence-electron chi connectivity index (χ4n) is 2.16. The molecule has 1 heterocycles. The number of nitrogens with one attached hydrogen (secondary N) is 1. The van der Waals surface area contributed by atoms with Crippen LogP contribution in [0.15, 0.2) is 18.2 Å². The van der Waals surface area contributed by atoms with E-state index >= 15 is 0 Å². The highest BCUT2D eigenvalue weighted by Gasteiger charge is 2.29. The largest absolute Gasteiger partial charge is 0.373 e. The van der Waals surface area contributed by atoms with Crippen LogP contribution >= 0.6 is 11.6 Å². The number of halogens is 2. The van der Waals surface area contributed by atoms with Gasteiger partial charge in [-0.2, -0.15) is 0 Å². The second kappa shape index (κ2) is 5.13. The Morgan fingerprint density at radius 2 is 2.38 bits per heavy atom. The average Bonchev–Trinajstić information content (AvgIpc) is 2.71. The van der Waals surface area contributed by atoms with Crippen LogP contribution in [-0.4, -0.2) is 20.2 Å². The number of hydrogen-bond donors (Lipinski definition) is 1. The van der Waals surface area contributed by atoms with Crippen molar-refractivity contribution in [3.63, 3.8) is 0 Å². The SMILES string of the molecule is CNCC1CCOC1c1ccc(F)c(Cl)c1. The summed E-state index contributed by atoms with van der Waals surface area (Å²) >= 11 is 5.77. The molecule has 0 amide bonds. The van der Waals surface area contributed by atoms with E-state index in [0.717, 1.165) is 25.1 Å². The molecule has 0 aliphatic carbocycles. The van der Waals surface area contributed by atoms with Crippen LogP contribution in [-0.2, 0) is 4.74 Å². The molecule has 2 unspecified atom stereocenters. The molecule has 2 atom stereocenters. The van der Waals surface area contributed by atoms with Crippen LogP contribution in [0.2, 0.25) is 5.02 Å². The molecule has 1 fully saturated rings. The van der Waals surface area contributed by atoms with Gasteiger partial charge in [0, 0.05) is 19.1 Å². The fraction of sp³-hybridized carbons (Fsp3) is 0.500. The Kier molecular flexibility index (Phi) is 3.79. The molecule has 1 aromatic rings. The molecule has 2 nitrogen and oxygen atoms in total. The summed E-state index contributed by atoms with van der Waals surface area (Å²) in [5.74, 6) is 0.0557.